The lowest BCUT2D eigenvalue weighted by molar-refractivity contribution is -0.112. The predicted molar refractivity (Wildman–Crippen MR) is 35.2 cm³/mol. The zero-order valence-corrected chi connectivity index (χ0v) is 5.89. The molecule has 0 saturated carbocycles. The summed E-state index contributed by atoms with van der Waals surface area (Å²) in [5.41, 5.74) is 0. The maximum absolute atomic E-state index is 9.87. The first-order valence-corrected chi connectivity index (χ1v) is 4.05. The Morgan fingerprint density at radius 3 is 2.50 bits per heavy atom. The maximum Gasteiger partial charge on any atom is 0.148 e. The van der Waals surface area contributed by atoms with E-state index in [0.717, 1.165) is 6.29 Å². The van der Waals surface area contributed by atoms with Crippen molar-refractivity contribution >= 4 is 21.9 Å². The van der Waals surface area contributed by atoms with E-state index in [1.807, 2.05) is 0 Å². The summed E-state index contributed by atoms with van der Waals surface area (Å²) in [6, 6.07) is 0. The molecule has 0 amide bonds. The van der Waals surface area contributed by atoms with Crippen LogP contribution in [-0.2, 0) is 9.32 Å². The van der Waals surface area contributed by atoms with Gasteiger partial charge in [-0.3, -0.25) is 0 Å². The maximum atomic E-state index is 9.87. The van der Waals surface area contributed by atoms with E-state index in [0.29, 0.717) is 0 Å². The van der Waals surface area contributed by atoms with E-state index in [9.17, 15) is 4.79 Å². The van der Waals surface area contributed by atoms with E-state index >= 15 is 0 Å². The Kier molecular flexibility index (Phi) is 4.11. The van der Waals surface area contributed by atoms with Crippen LogP contribution in [0.15, 0.2) is 0 Å². The van der Waals surface area contributed by atoms with Gasteiger partial charge in [-0.05, 0) is 21.6 Å². The molecule has 8 heavy (non-hydrogen) atoms. The Morgan fingerprint density at radius 1 is 1.88 bits per heavy atom. The van der Waals surface area contributed by atoms with Crippen LogP contribution in [0.4, 0.5) is 0 Å². The van der Waals surface area contributed by atoms with E-state index in [1.165, 1.54) is 0 Å². The molecule has 0 heterocycles. The zero-order chi connectivity index (χ0) is 6.57. The standard InChI is InChI=1S/C4H8BO2P/c1-4(3-6)7-8(2)5/h3-4H,1-2H3/t4-,8?/m0/s1. The normalized spacial score (nSPS) is 17.2. The highest BCUT2D eigenvalue weighted by molar-refractivity contribution is 7.77. The third-order valence-corrected chi connectivity index (χ3v) is 1.19. The van der Waals surface area contributed by atoms with Gasteiger partial charge in [-0.15, -0.1) is 0 Å². The topological polar surface area (TPSA) is 26.3 Å². The Bertz CT molecular complexity index is 76.4. The van der Waals surface area contributed by atoms with Gasteiger partial charge in [0.2, 0.25) is 0 Å². The van der Waals surface area contributed by atoms with E-state index in [-0.39, 0.29) is 6.10 Å². The van der Waals surface area contributed by atoms with Crippen LogP contribution in [-0.4, -0.2) is 26.6 Å². The molecule has 2 atom stereocenters. The molecule has 0 aromatic carbocycles. The van der Waals surface area contributed by atoms with Crippen LogP contribution in [0.25, 0.3) is 0 Å². The van der Waals surface area contributed by atoms with E-state index in [2.05, 4.69) is 0 Å². The number of carbonyl (C=O) groups excluding carboxylic acids is 1. The number of hydrogen-bond acceptors (Lipinski definition) is 2. The van der Waals surface area contributed by atoms with Crippen LogP contribution in [0.2, 0.25) is 0 Å². The van der Waals surface area contributed by atoms with E-state index < -0.39 is 8.03 Å². The molecule has 0 bridgehead atoms. The van der Waals surface area contributed by atoms with Crippen molar-refractivity contribution in [1.82, 2.24) is 0 Å². The lowest BCUT2D eigenvalue weighted by atomic mass is 10.5. The van der Waals surface area contributed by atoms with Crippen molar-refractivity contribution in [1.29, 1.82) is 0 Å². The predicted octanol–water partition coefficient (Wildman–Crippen LogP) is 0.701. The Morgan fingerprint density at radius 2 is 2.38 bits per heavy atom. The van der Waals surface area contributed by atoms with Gasteiger partial charge in [0.25, 0.3) is 0 Å². The van der Waals surface area contributed by atoms with Gasteiger partial charge in [0, 0.05) is 0 Å². The van der Waals surface area contributed by atoms with Gasteiger partial charge in [0.05, 0.1) is 0 Å². The molecule has 0 rings (SSSR count). The van der Waals surface area contributed by atoms with Crippen molar-refractivity contribution in [2.75, 3.05) is 6.66 Å². The van der Waals surface area contributed by atoms with Crippen LogP contribution < -0.4 is 0 Å². The van der Waals surface area contributed by atoms with Gasteiger partial charge in [-0.1, -0.05) is 0 Å². The lowest BCUT2D eigenvalue weighted by Gasteiger charge is -2.08. The van der Waals surface area contributed by atoms with Gasteiger partial charge in [0.15, 0.2) is 0 Å². The van der Waals surface area contributed by atoms with Crippen LogP contribution in [0.1, 0.15) is 6.92 Å². The van der Waals surface area contributed by atoms with Crippen LogP contribution in [0, 0.1) is 0 Å². The zero-order valence-electron chi connectivity index (χ0n) is 5.00. The highest BCUT2D eigenvalue weighted by Gasteiger charge is 1.99. The van der Waals surface area contributed by atoms with Crippen LogP contribution >= 0.6 is 8.03 Å². The summed E-state index contributed by atoms with van der Waals surface area (Å²) in [5, 5.41) is 0. The van der Waals surface area contributed by atoms with Crippen molar-refractivity contribution in [2.45, 2.75) is 13.0 Å². The quantitative estimate of drug-likeness (QED) is 0.319. The van der Waals surface area contributed by atoms with Gasteiger partial charge in [-0.2, -0.15) is 0 Å². The average molecular weight is 130 g/mol. The summed E-state index contributed by atoms with van der Waals surface area (Å²) in [6.45, 7) is 3.41. The van der Waals surface area contributed by atoms with Crippen molar-refractivity contribution in [3.63, 3.8) is 0 Å². The smallest absolute Gasteiger partial charge is 0.148 e. The molecule has 0 aromatic heterocycles. The molecule has 0 spiro atoms. The summed E-state index contributed by atoms with van der Waals surface area (Å²) in [7, 11) is 4.38. The average Bonchev–Trinajstić information content (AvgIpc) is 1.65. The molecule has 1 unspecified atom stereocenters. The second-order valence-electron chi connectivity index (χ2n) is 1.49. The molecule has 0 aliphatic heterocycles. The Hall–Kier alpha value is 0.125. The third kappa shape index (κ3) is 4.29. The fraction of sp³-hybridized carbons (Fsp3) is 0.750. The second-order valence-corrected chi connectivity index (χ2v) is 2.80. The molecule has 0 aliphatic rings. The minimum absolute atomic E-state index is 0.351. The third-order valence-electron chi connectivity index (χ3n) is 0.524. The minimum atomic E-state index is -0.877. The lowest BCUT2D eigenvalue weighted by Crippen LogP contribution is -2.04. The molecule has 0 N–H and O–H groups in total. The number of hydrogen-bond donors (Lipinski definition) is 0. The summed E-state index contributed by atoms with van der Waals surface area (Å²) in [6.07, 6.45) is 0.377. The first kappa shape index (κ1) is 8.12. The van der Waals surface area contributed by atoms with E-state index in [4.69, 9.17) is 12.1 Å². The first-order valence-electron chi connectivity index (χ1n) is 2.27. The van der Waals surface area contributed by atoms with Crippen molar-refractivity contribution in [3.8, 4) is 0 Å². The Labute approximate surface area is 51.8 Å². The fourth-order valence-corrected chi connectivity index (χ4v) is 0.861. The number of aldehydes is 1. The van der Waals surface area contributed by atoms with Gasteiger partial charge in [0.1, 0.15) is 20.0 Å². The summed E-state index contributed by atoms with van der Waals surface area (Å²) < 4.78 is 4.87. The first-order chi connectivity index (χ1) is 3.66. The highest BCUT2D eigenvalue weighted by atomic mass is 31.1. The van der Waals surface area contributed by atoms with Crippen molar-refractivity contribution < 1.29 is 9.32 Å². The molecule has 0 fully saturated rings. The molecule has 0 aromatic rings. The molecule has 44 valence electrons. The van der Waals surface area contributed by atoms with Gasteiger partial charge in [-0.25, -0.2) is 0 Å². The molecular formula is C4H8BO2P. The van der Waals surface area contributed by atoms with Crippen molar-refractivity contribution in [3.05, 3.63) is 0 Å². The molecule has 2 nitrogen and oxygen atoms in total. The fourth-order valence-electron chi connectivity index (χ4n) is 0.287. The van der Waals surface area contributed by atoms with Crippen LogP contribution in [0.3, 0.4) is 0 Å². The Balaban J connectivity index is 3.23. The monoisotopic (exact) mass is 130 g/mol. The second kappa shape index (κ2) is 4.05. The molecule has 0 saturated heterocycles. The van der Waals surface area contributed by atoms with E-state index in [1.54, 1.807) is 13.6 Å². The van der Waals surface area contributed by atoms with Crippen molar-refractivity contribution in [2.24, 2.45) is 0 Å². The summed E-state index contributed by atoms with van der Waals surface area (Å²) in [5.74, 6) is 0. The minimum Gasteiger partial charge on any atom is -0.360 e. The molecular weight excluding hydrogens is 122 g/mol. The summed E-state index contributed by atoms with van der Waals surface area (Å²) in [4.78, 5) is 9.87. The van der Waals surface area contributed by atoms with Crippen LogP contribution in [0.5, 0.6) is 0 Å². The molecule has 2 radical (unpaired) electrons. The highest BCUT2D eigenvalue weighted by Crippen LogP contribution is 2.25. The molecule has 4 heteroatoms. The number of rotatable bonds is 3. The van der Waals surface area contributed by atoms with Gasteiger partial charge < -0.3 is 9.32 Å². The summed E-state index contributed by atoms with van der Waals surface area (Å²) >= 11 is 0. The largest absolute Gasteiger partial charge is 0.360 e. The SMILES string of the molecule is [B]P(C)O[C@@H](C)C=O. The number of carbonyl (C=O) groups is 1. The van der Waals surface area contributed by atoms with Gasteiger partial charge >= 0.3 is 0 Å². The molecule has 0 aliphatic carbocycles.